The molecule has 0 bridgehead atoms. The summed E-state index contributed by atoms with van der Waals surface area (Å²) in [5.41, 5.74) is 1.64. The molecule has 0 amide bonds. The highest BCUT2D eigenvalue weighted by Gasteiger charge is 2.15. The van der Waals surface area contributed by atoms with E-state index in [0.29, 0.717) is 22.6 Å². The Bertz CT molecular complexity index is 560. The van der Waals surface area contributed by atoms with Crippen molar-refractivity contribution in [2.24, 2.45) is 0 Å². The molecule has 88 valence electrons. The van der Waals surface area contributed by atoms with E-state index in [1.165, 1.54) is 19.5 Å². The normalized spacial score (nSPS) is 10.4. The molecule has 0 N–H and O–H groups in total. The molecule has 1 aromatic carbocycles. The van der Waals surface area contributed by atoms with Crippen LogP contribution in [0.3, 0.4) is 0 Å². The maximum absolute atomic E-state index is 13.5. The van der Waals surface area contributed by atoms with Crippen LogP contribution in [-0.2, 0) is 0 Å². The number of benzene rings is 1. The Kier molecular flexibility index (Phi) is 3.24. The first kappa shape index (κ1) is 11.8. The Labute approximate surface area is 103 Å². The summed E-state index contributed by atoms with van der Waals surface area (Å²) in [5.74, 6) is 0.0576. The summed E-state index contributed by atoms with van der Waals surface area (Å²) in [4.78, 5) is 7.92. The zero-order valence-corrected chi connectivity index (χ0v) is 10.1. The number of rotatable bonds is 2. The Balaban J connectivity index is 2.68. The lowest BCUT2D eigenvalue weighted by Crippen LogP contribution is -1.97. The van der Waals surface area contributed by atoms with Gasteiger partial charge in [-0.1, -0.05) is 23.7 Å². The minimum Gasteiger partial charge on any atom is -0.491 e. The molecule has 0 radical (unpaired) electrons. The average molecular weight is 253 g/mol. The second-order valence-corrected chi connectivity index (χ2v) is 3.82. The van der Waals surface area contributed by atoms with Crippen LogP contribution in [0.1, 0.15) is 5.56 Å². The summed E-state index contributed by atoms with van der Waals surface area (Å²) < 4.78 is 18.6. The summed E-state index contributed by atoms with van der Waals surface area (Å²) in [6.07, 6.45) is 1.32. The minimum absolute atomic E-state index is 0.209. The van der Waals surface area contributed by atoms with Crippen molar-refractivity contribution in [3.63, 3.8) is 0 Å². The first-order valence-corrected chi connectivity index (χ1v) is 5.33. The number of aromatic nitrogens is 2. The fourth-order valence-electron chi connectivity index (χ4n) is 1.59. The lowest BCUT2D eigenvalue weighted by atomic mass is 10.0. The molecule has 2 rings (SSSR count). The van der Waals surface area contributed by atoms with Gasteiger partial charge in [0.15, 0.2) is 10.9 Å². The van der Waals surface area contributed by atoms with Gasteiger partial charge in [0.05, 0.1) is 7.11 Å². The third-order valence-electron chi connectivity index (χ3n) is 2.49. The standard InChI is InChI=1S/C12H10ClFN2O/c1-7-8(4-3-5-9(7)14)10-11(17-2)12(13)16-6-15-10/h3-6H,1-2H3. The second kappa shape index (κ2) is 4.67. The summed E-state index contributed by atoms with van der Waals surface area (Å²) in [6.45, 7) is 1.68. The highest BCUT2D eigenvalue weighted by Crippen LogP contribution is 2.34. The monoisotopic (exact) mass is 252 g/mol. The quantitative estimate of drug-likeness (QED) is 0.770. The molecule has 0 saturated carbocycles. The lowest BCUT2D eigenvalue weighted by molar-refractivity contribution is 0.413. The molecule has 0 unspecified atom stereocenters. The van der Waals surface area contributed by atoms with Gasteiger partial charge in [-0.2, -0.15) is 0 Å². The SMILES string of the molecule is COc1c(Cl)ncnc1-c1cccc(F)c1C. The summed E-state index contributed by atoms with van der Waals surface area (Å²) >= 11 is 5.90. The van der Waals surface area contributed by atoms with Crippen molar-refractivity contribution in [1.82, 2.24) is 9.97 Å². The first-order valence-electron chi connectivity index (χ1n) is 4.95. The first-order chi connectivity index (χ1) is 8.15. The van der Waals surface area contributed by atoms with E-state index in [9.17, 15) is 4.39 Å². The average Bonchev–Trinajstić information content (AvgIpc) is 2.32. The van der Waals surface area contributed by atoms with Crippen LogP contribution in [0.15, 0.2) is 24.5 Å². The summed E-state index contributed by atoms with van der Waals surface area (Å²) in [7, 11) is 1.47. The van der Waals surface area contributed by atoms with E-state index in [0.717, 1.165) is 0 Å². The highest BCUT2D eigenvalue weighted by molar-refractivity contribution is 6.31. The molecule has 0 aliphatic rings. The van der Waals surface area contributed by atoms with Crippen molar-refractivity contribution in [2.45, 2.75) is 6.92 Å². The lowest BCUT2D eigenvalue weighted by Gasteiger charge is -2.10. The van der Waals surface area contributed by atoms with Gasteiger partial charge < -0.3 is 4.74 Å². The maximum Gasteiger partial charge on any atom is 0.182 e. The van der Waals surface area contributed by atoms with Gasteiger partial charge in [0.1, 0.15) is 17.8 Å². The van der Waals surface area contributed by atoms with Crippen molar-refractivity contribution in [1.29, 1.82) is 0 Å². The molecule has 0 aliphatic heterocycles. The Morgan fingerprint density at radius 1 is 1.29 bits per heavy atom. The Morgan fingerprint density at radius 2 is 2.06 bits per heavy atom. The number of ether oxygens (including phenoxy) is 1. The van der Waals surface area contributed by atoms with Crippen molar-refractivity contribution in [3.05, 3.63) is 41.1 Å². The largest absolute Gasteiger partial charge is 0.491 e. The molecule has 0 atom stereocenters. The van der Waals surface area contributed by atoms with Crippen LogP contribution in [-0.4, -0.2) is 17.1 Å². The molecular weight excluding hydrogens is 243 g/mol. The Hall–Kier alpha value is -1.68. The Morgan fingerprint density at radius 3 is 2.76 bits per heavy atom. The van der Waals surface area contributed by atoms with Crippen molar-refractivity contribution >= 4 is 11.6 Å². The third-order valence-corrected chi connectivity index (χ3v) is 2.76. The smallest absolute Gasteiger partial charge is 0.182 e. The molecule has 0 spiro atoms. The van der Waals surface area contributed by atoms with Gasteiger partial charge in [-0.15, -0.1) is 0 Å². The molecule has 2 aromatic rings. The van der Waals surface area contributed by atoms with Crippen molar-refractivity contribution < 1.29 is 9.13 Å². The van der Waals surface area contributed by atoms with Crippen LogP contribution in [0.25, 0.3) is 11.3 Å². The molecule has 0 aliphatic carbocycles. The molecule has 17 heavy (non-hydrogen) atoms. The van der Waals surface area contributed by atoms with Crippen LogP contribution in [0.2, 0.25) is 5.15 Å². The maximum atomic E-state index is 13.5. The van der Waals surface area contributed by atoms with Crippen molar-refractivity contribution in [3.8, 4) is 17.0 Å². The van der Waals surface area contributed by atoms with Crippen molar-refractivity contribution in [2.75, 3.05) is 7.11 Å². The fraction of sp³-hybridized carbons (Fsp3) is 0.167. The van der Waals surface area contributed by atoms with Gasteiger partial charge in [0, 0.05) is 5.56 Å². The van der Waals surface area contributed by atoms with Gasteiger partial charge in [-0.05, 0) is 18.6 Å². The van der Waals surface area contributed by atoms with E-state index in [1.54, 1.807) is 19.1 Å². The highest BCUT2D eigenvalue weighted by atomic mass is 35.5. The summed E-state index contributed by atoms with van der Waals surface area (Å²) in [5, 5.41) is 0.209. The van der Waals surface area contributed by atoms with E-state index in [1.807, 2.05) is 0 Å². The van der Waals surface area contributed by atoms with Crippen LogP contribution < -0.4 is 4.74 Å². The molecule has 1 aromatic heterocycles. The zero-order valence-electron chi connectivity index (χ0n) is 9.37. The topological polar surface area (TPSA) is 35.0 Å². The molecule has 0 fully saturated rings. The van der Waals surface area contributed by atoms with Crippen LogP contribution in [0.4, 0.5) is 4.39 Å². The molecule has 5 heteroatoms. The second-order valence-electron chi connectivity index (χ2n) is 3.46. The molecule has 0 saturated heterocycles. The molecule has 3 nitrogen and oxygen atoms in total. The minimum atomic E-state index is -0.292. The third kappa shape index (κ3) is 2.08. The van der Waals surface area contributed by atoms with E-state index >= 15 is 0 Å². The number of nitrogens with zero attached hydrogens (tertiary/aromatic N) is 2. The number of methoxy groups -OCH3 is 1. The fourth-order valence-corrected chi connectivity index (χ4v) is 1.80. The van der Waals surface area contributed by atoms with Gasteiger partial charge in [-0.3, -0.25) is 0 Å². The molecular formula is C12H10ClFN2O. The van der Waals surface area contributed by atoms with E-state index in [-0.39, 0.29) is 11.0 Å². The van der Waals surface area contributed by atoms with E-state index in [4.69, 9.17) is 16.3 Å². The predicted molar refractivity (Wildman–Crippen MR) is 63.7 cm³/mol. The van der Waals surface area contributed by atoms with Crippen LogP contribution >= 0.6 is 11.6 Å². The van der Waals surface area contributed by atoms with Crippen LogP contribution in [0, 0.1) is 12.7 Å². The number of hydrogen-bond acceptors (Lipinski definition) is 3. The predicted octanol–water partition coefficient (Wildman–Crippen LogP) is 3.25. The van der Waals surface area contributed by atoms with E-state index < -0.39 is 0 Å². The van der Waals surface area contributed by atoms with Gasteiger partial charge in [0.2, 0.25) is 0 Å². The van der Waals surface area contributed by atoms with Gasteiger partial charge in [0.25, 0.3) is 0 Å². The van der Waals surface area contributed by atoms with E-state index in [2.05, 4.69) is 9.97 Å². The van der Waals surface area contributed by atoms with Crippen LogP contribution in [0.5, 0.6) is 5.75 Å². The number of hydrogen-bond donors (Lipinski definition) is 0. The summed E-state index contributed by atoms with van der Waals surface area (Å²) in [6, 6.07) is 4.78. The zero-order chi connectivity index (χ0) is 12.4. The number of halogens is 2. The van der Waals surface area contributed by atoms with Gasteiger partial charge in [-0.25, -0.2) is 14.4 Å². The van der Waals surface area contributed by atoms with Gasteiger partial charge >= 0.3 is 0 Å². The molecule has 1 heterocycles.